The Kier molecular flexibility index (Phi) is 3.90. The number of thioether (sulfide) groups is 1. The van der Waals surface area contributed by atoms with Gasteiger partial charge in [-0.05, 0) is 19.6 Å². The summed E-state index contributed by atoms with van der Waals surface area (Å²) in [4.78, 5) is 18.7. The number of aliphatic carboxylic acids is 1. The van der Waals surface area contributed by atoms with E-state index in [4.69, 9.17) is 10.8 Å². The van der Waals surface area contributed by atoms with Crippen LogP contribution in [0.2, 0.25) is 0 Å². The highest BCUT2D eigenvalue weighted by Gasteiger charge is 2.10. The molecule has 0 fully saturated rings. The summed E-state index contributed by atoms with van der Waals surface area (Å²) >= 11 is 1.41. The van der Waals surface area contributed by atoms with Crippen molar-refractivity contribution in [1.82, 2.24) is 9.97 Å². The van der Waals surface area contributed by atoms with Gasteiger partial charge in [0.25, 0.3) is 0 Å². The minimum Gasteiger partial charge on any atom is -0.481 e. The summed E-state index contributed by atoms with van der Waals surface area (Å²) in [5.41, 5.74) is 7.22. The Morgan fingerprint density at radius 1 is 1.53 bits per heavy atom. The van der Waals surface area contributed by atoms with Gasteiger partial charge in [-0.1, -0.05) is 11.8 Å². The quantitative estimate of drug-likeness (QED) is 0.591. The lowest BCUT2D eigenvalue weighted by molar-refractivity contribution is -0.136. The molecule has 0 saturated heterocycles. The summed E-state index contributed by atoms with van der Waals surface area (Å²) < 4.78 is 0. The molecule has 5 nitrogen and oxygen atoms in total. The van der Waals surface area contributed by atoms with Gasteiger partial charge in [0, 0.05) is 17.7 Å². The van der Waals surface area contributed by atoms with Crippen molar-refractivity contribution in [2.45, 2.75) is 24.9 Å². The number of carboxylic acid groups (broad SMARTS) is 1. The van der Waals surface area contributed by atoms with Crippen molar-refractivity contribution in [2.24, 2.45) is 0 Å². The lowest BCUT2D eigenvalue weighted by atomic mass is 10.1. The van der Waals surface area contributed by atoms with Crippen LogP contribution in [0.4, 0.5) is 5.82 Å². The van der Waals surface area contributed by atoms with E-state index in [1.165, 1.54) is 11.8 Å². The Hall–Kier alpha value is -1.30. The van der Waals surface area contributed by atoms with Gasteiger partial charge in [-0.3, -0.25) is 4.79 Å². The SMILES string of the molecule is CSc1nc(C)c(CCC(=O)O)c(N)n1. The number of aromatic nitrogens is 2. The summed E-state index contributed by atoms with van der Waals surface area (Å²) in [7, 11) is 0. The second-order valence-corrected chi connectivity index (χ2v) is 3.83. The minimum absolute atomic E-state index is 0.0486. The molecular formula is C9H13N3O2S. The van der Waals surface area contributed by atoms with E-state index in [9.17, 15) is 4.79 Å². The predicted molar refractivity (Wildman–Crippen MR) is 58.9 cm³/mol. The van der Waals surface area contributed by atoms with Crippen LogP contribution in [0, 0.1) is 6.92 Å². The fraction of sp³-hybridized carbons (Fsp3) is 0.444. The zero-order valence-electron chi connectivity index (χ0n) is 8.65. The molecule has 0 unspecified atom stereocenters. The summed E-state index contributed by atoms with van der Waals surface area (Å²) in [6, 6.07) is 0. The normalized spacial score (nSPS) is 10.3. The van der Waals surface area contributed by atoms with Crippen molar-refractivity contribution in [3.8, 4) is 0 Å². The first-order valence-electron chi connectivity index (χ1n) is 4.43. The number of hydrogen-bond donors (Lipinski definition) is 2. The van der Waals surface area contributed by atoms with Gasteiger partial charge >= 0.3 is 5.97 Å². The number of carboxylic acids is 1. The van der Waals surface area contributed by atoms with Crippen molar-refractivity contribution in [2.75, 3.05) is 12.0 Å². The molecule has 0 radical (unpaired) electrons. The summed E-state index contributed by atoms with van der Waals surface area (Å²) in [5.74, 6) is -0.462. The molecular weight excluding hydrogens is 214 g/mol. The molecule has 1 rings (SSSR count). The van der Waals surface area contributed by atoms with E-state index in [1.807, 2.05) is 13.2 Å². The Labute approximate surface area is 92.1 Å². The zero-order valence-corrected chi connectivity index (χ0v) is 9.47. The number of hydrogen-bond acceptors (Lipinski definition) is 5. The highest BCUT2D eigenvalue weighted by atomic mass is 32.2. The van der Waals surface area contributed by atoms with Gasteiger partial charge < -0.3 is 10.8 Å². The molecule has 15 heavy (non-hydrogen) atoms. The van der Waals surface area contributed by atoms with Crippen LogP contribution in [-0.2, 0) is 11.2 Å². The van der Waals surface area contributed by atoms with E-state index in [0.29, 0.717) is 17.4 Å². The maximum absolute atomic E-state index is 10.4. The average Bonchev–Trinajstić information content (AvgIpc) is 2.15. The number of carbonyl (C=O) groups is 1. The summed E-state index contributed by atoms with van der Waals surface area (Å²) in [5, 5.41) is 9.19. The number of nitrogens with zero attached hydrogens (tertiary/aromatic N) is 2. The van der Waals surface area contributed by atoms with Crippen molar-refractivity contribution < 1.29 is 9.90 Å². The topological polar surface area (TPSA) is 89.1 Å². The second-order valence-electron chi connectivity index (χ2n) is 3.05. The molecule has 1 aromatic heterocycles. The molecule has 1 aromatic rings. The third kappa shape index (κ3) is 3.09. The molecule has 0 aliphatic carbocycles. The molecule has 0 aliphatic heterocycles. The lowest BCUT2D eigenvalue weighted by Gasteiger charge is -2.07. The molecule has 0 atom stereocenters. The van der Waals surface area contributed by atoms with Gasteiger partial charge in [0.1, 0.15) is 5.82 Å². The average molecular weight is 227 g/mol. The van der Waals surface area contributed by atoms with Gasteiger partial charge in [-0.2, -0.15) is 0 Å². The number of rotatable bonds is 4. The first kappa shape index (κ1) is 11.8. The number of aryl methyl sites for hydroxylation is 1. The van der Waals surface area contributed by atoms with E-state index < -0.39 is 5.97 Å². The minimum atomic E-state index is -0.845. The number of nitrogen functional groups attached to an aromatic ring is 1. The van der Waals surface area contributed by atoms with Crippen molar-refractivity contribution in [1.29, 1.82) is 0 Å². The fourth-order valence-electron chi connectivity index (χ4n) is 1.22. The van der Waals surface area contributed by atoms with Crippen LogP contribution in [0.3, 0.4) is 0 Å². The van der Waals surface area contributed by atoms with Crippen LogP contribution in [0.1, 0.15) is 17.7 Å². The molecule has 0 aliphatic rings. The molecule has 0 bridgehead atoms. The van der Waals surface area contributed by atoms with Crippen molar-refractivity contribution in [3.05, 3.63) is 11.3 Å². The molecule has 0 saturated carbocycles. The lowest BCUT2D eigenvalue weighted by Crippen LogP contribution is -2.07. The maximum Gasteiger partial charge on any atom is 0.303 e. The summed E-state index contributed by atoms with van der Waals surface area (Å²) in [6.07, 6.45) is 2.29. The van der Waals surface area contributed by atoms with E-state index >= 15 is 0 Å². The molecule has 0 aromatic carbocycles. The first-order chi connectivity index (χ1) is 7.04. The largest absolute Gasteiger partial charge is 0.481 e. The van der Waals surface area contributed by atoms with E-state index in [1.54, 1.807) is 0 Å². The van der Waals surface area contributed by atoms with Gasteiger partial charge in [0.15, 0.2) is 5.16 Å². The fourth-order valence-corrected chi connectivity index (χ4v) is 1.64. The van der Waals surface area contributed by atoms with Gasteiger partial charge in [-0.15, -0.1) is 0 Å². The highest BCUT2D eigenvalue weighted by Crippen LogP contribution is 2.19. The van der Waals surface area contributed by atoms with Crippen LogP contribution in [0.25, 0.3) is 0 Å². The third-order valence-corrected chi connectivity index (χ3v) is 2.54. The van der Waals surface area contributed by atoms with Gasteiger partial charge in [-0.25, -0.2) is 9.97 Å². The van der Waals surface area contributed by atoms with Gasteiger partial charge in [0.2, 0.25) is 0 Å². The number of nitrogens with two attached hydrogens (primary N) is 1. The Morgan fingerprint density at radius 2 is 2.20 bits per heavy atom. The van der Waals surface area contributed by atoms with Crippen LogP contribution in [-0.4, -0.2) is 27.3 Å². The number of anilines is 1. The van der Waals surface area contributed by atoms with E-state index in [2.05, 4.69) is 9.97 Å². The van der Waals surface area contributed by atoms with Crippen LogP contribution in [0.15, 0.2) is 5.16 Å². The van der Waals surface area contributed by atoms with E-state index in [-0.39, 0.29) is 6.42 Å². The summed E-state index contributed by atoms with van der Waals surface area (Å²) in [6.45, 7) is 1.81. The molecule has 0 spiro atoms. The molecule has 0 amide bonds. The molecule has 3 N–H and O–H groups in total. The maximum atomic E-state index is 10.4. The highest BCUT2D eigenvalue weighted by molar-refractivity contribution is 7.98. The molecule has 82 valence electrons. The predicted octanol–water partition coefficient (Wildman–Crippen LogP) is 1.11. The van der Waals surface area contributed by atoms with Crippen LogP contribution >= 0.6 is 11.8 Å². The van der Waals surface area contributed by atoms with Gasteiger partial charge in [0.05, 0.1) is 0 Å². The van der Waals surface area contributed by atoms with Crippen molar-refractivity contribution in [3.63, 3.8) is 0 Å². The van der Waals surface area contributed by atoms with Crippen LogP contribution < -0.4 is 5.73 Å². The Bertz CT molecular complexity index is 359. The Balaban J connectivity index is 2.92. The standard InChI is InChI=1S/C9H13N3O2S/c1-5-6(3-4-7(13)14)8(10)12-9(11-5)15-2/h3-4H2,1-2H3,(H,13,14)(H2,10,11,12). The zero-order chi connectivity index (χ0) is 11.4. The van der Waals surface area contributed by atoms with Crippen molar-refractivity contribution >= 4 is 23.5 Å². The smallest absolute Gasteiger partial charge is 0.303 e. The third-order valence-electron chi connectivity index (χ3n) is 2.00. The van der Waals surface area contributed by atoms with E-state index in [0.717, 1.165) is 11.3 Å². The first-order valence-corrected chi connectivity index (χ1v) is 5.66. The monoisotopic (exact) mass is 227 g/mol. The Morgan fingerprint density at radius 3 is 2.67 bits per heavy atom. The molecule has 1 heterocycles. The second kappa shape index (κ2) is 4.97. The van der Waals surface area contributed by atoms with Crippen LogP contribution in [0.5, 0.6) is 0 Å². The molecule has 6 heteroatoms.